The second kappa shape index (κ2) is 8.84. The monoisotopic (exact) mass is 436 g/mol. The number of amides is 2. The highest BCUT2D eigenvalue weighted by Crippen LogP contribution is 2.46. The Balaban J connectivity index is 1.36. The van der Waals surface area contributed by atoms with Crippen molar-refractivity contribution in [3.8, 4) is 0 Å². The van der Waals surface area contributed by atoms with Crippen LogP contribution in [0.25, 0.3) is 0 Å². The maximum Gasteiger partial charge on any atom is 0.255 e. The minimum atomic E-state index is -0.802. The molecule has 1 aliphatic rings. The maximum atomic E-state index is 14.2. The van der Waals surface area contributed by atoms with Crippen LogP contribution in [-0.4, -0.2) is 16.8 Å². The van der Waals surface area contributed by atoms with Crippen LogP contribution < -0.4 is 16.4 Å². The lowest BCUT2D eigenvalue weighted by Crippen LogP contribution is -2.37. The van der Waals surface area contributed by atoms with Crippen molar-refractivity contribution in [3.63, 3.8) is 0 Å². The Morgan fingerprint density at radius 1 is 1.03 bits per heavy atom. The summed E-state index contributed by atoms with van der Waals surface area (Å²) in [5.41, 5.74) is 7.44. The van der Waals surface area contributed by atoms with E-state index in [4.69, 9.17) is 5.73 Å². The number of carbonyl (C=O) groups is 2. The zero-order valence-corrected chi connectivity index (χ0v) is 17.1. The van der Waals surface area contributed by atoms with Gasteiger partial charge >= 0.3 is 0 Å². The third kappa shape index (κ3) is 4.81. The first-order valence-corrected chi connectivity index (χ1v) is 10.2. The predicted molar refractivity (Wildman–Crippen MR) is 116 cm³/mol. The summed E-state index contributed by atoms with van der Waals surface area (Å²) in [5.74, 6) is -1.93. The molecule has 6 nitrogen and oxygen atoms in total. The molecule has 0 spiro atoms. The number of halogens is 2. The molecule has 164 valence electrons. The average Bonchev–Trinajstić information content (AvgIpc) is 3.54. The summed E-state index contributed by atoms with van der Waals surface area (Å²) in [6.45, 7) is 0. The van der Waals surface area contributed by atoms with E-state index < -0.39 is 23.2 Å². The molecule has 1 aromatic heterocycles. The van der Waals surface area contributed by atoms with Gasteiger partial charge in [0.05, 0.1) is 5.54 Å². The first kappa shape index (κ1) is 21.6. The van der Waals surface area contributed by atoms with Gasteiger partial charge in [0, 0.05) is 47.7 Å². The van der Waals surface area contributed by atoms with Crippen molar-refractivity contribution in [3.05, 3.63) is 95.3 Å². The predicted octanol–water partition coefficient (Wildman–Crippen LogP) is 3.81. The van der Waals surface area contributed by atoms with Crippen LogP contribution in [0.3, 0.4) is 0 Å². The van der Waals surface area contributed by atoms with Crippen LogP contribution in [0.1, 0.15) is 46.8 Å². The number of carbonyl (C=O) groups excluding carboxylic acids is 2. The minimum absolute atomic E-state index is 0.00682. The molecule has 0 aliphatic heterocycles. The highest BCUT2D eigenvalue weighted by atomic mass is 19.1. The summed E-state index contributed by atoms with van der Waals surface area (Å²) in [4.78, 5) is 28.8. The minimum Gasteiger partial charge on any atom is -0.346 e. The van der Waals surface area contributed by atoms with E-state index in [-0.39, 0.29) is 23.8 Å². The van der Waals surface area contributed by atoms with Crippen LogP contribution in [0.15, 0.2) is 67.0 Å². The van der Waals surface area contributed by atoms with Crippen molar-refractivity contribution < 1.29 is 18.4 Å². The molecule has 0 bridgehead atoms. The molecule has 1 aliphatic carbocycles. The van der Waals surface area contributed by atoms with Gasteiger partial charge in [0.1, 0.15) is 11.6 Å². The third-order valence-corrected chi connectivity index (χ3v) is 5.52. The Kier molecular flexibility index (Phi) is 5.96. The van der Waals surface area contributed by atoms with E-state index in [0.717, 1.165) is 6.07 Å². The second-order valence-corrected chi connectivity index (χ2v) is 7.88. The van der Waals surface area contributed by atoms with Gasteiger partial charge in [0.25, 0.3) is 5.91 Å². The number of nitrogens with zero attached hydrogens (tertiary/aromatic N) is 1. The van der Waals surface area contributed by atoms with Crippen LogP contribution in [-0.2, 0) is 10.3 Å². The number of anilines is 1. The summed E-state index contributed by atoms with van der Waals surface area (Å²) in [6.07, 6.45) is 4.32. The first-order chi connectivity index (χ1) is 15.4. The largest absolute Gasteiger partial charge is 0.346 e. The number of pyridine rings is 1. The number of nitrogens with two attached hydrogens (primary N) is 1. The lowest BCUT2D eigenvalue weighted by Gasteiger charge is -2.20. The molecule has 1 atom stereocenters. The molecule has 3 aromatic rings. The lowest BCUT2D eigenvalue weighted by molar-refractivity contribution is -0.122. The number of rotatable bonds is 7. The molecule has 1 fully saturated rings. The van der Waals surface area contributed by atoms with Crippen molar-refractivity contribution >= 4 is 17.5 Å². The van der Waals surface area contributed by atoms with E-state index in [1.165, 1.54) is 12.1 Å². The molecule has 8 heteroatoms. The fourth-order valence-electron chi connectivity index (χ4n) is 3.62. The SMILES string of the molecule is NC(CC(=O)NC1(c2ccc(F)cc2F)CC1)c1ccc(C(=O)Nc2ccncc2)cc1. The quantitative estimate of drug-likeness (QED) is 0.525. The molecule has 1 heterocycles. The van der Waals surface area contributed by atoms with E-state index in [9.17, 15) is 18.4 Å². The Bertz CT molecular complexity index is 1130. The van der Waals surface area contributed by atoms with Crippen molar-refractivity contribution in [2.24, 2.45) is 5.73 Å². The van der Waals surface area contributed by atoms with Gasteiger partial charge in [-0.3, -0.25) is 14.6 Å². The zero-order chi connectivity index (χ0) is 22.7. The Hall–Kier alpha value is -3.65. The summed E-state index contributed by atoms with van der Waals surface area (Å²) in [5, 5.41) is 5.62. The fourth-order valence-corrected chi connectivity index (χ4v) is 3.62. The van der Waals surface area contributed by atoms with E-state index in [1.807, 2.05) is 0 Å². The van der Waals surface area contributed by atoms with Gasteiger partial charge in [-0.1, -0.05) is 18.2 Å². The molecule has 0 saturated heterocycles. The van der Waals surface area contributed by atoms with Crippen LogP contribution in [0.2, 0.25) is 0 Å². The molecule has 0 radical (unpaired) electrons. The van der Waals surface area contributed by atoms with Crippen molar-refractivity contribution in [2.75, 3.05) is 5.32 Å². The van der Waals surface area contributed by atoms with Gasteiger partial charge in [0.15, 0.2) is 0 Å². The van der Waals surface area contributed by atoms with Gasteiger partial charge in [0.2, 0.25) is 5.91 Å². The van der Waals surface area contributed by atoms with Crippen LogP contribution in [0, 0.1) is 11.6 Å². The molecule has 2 amide bonds. The van der Waals surface area contributed by atoms with Crippen molar-refractivity contribution in [2.45, 2.75) is 30.8 Å². The molecule has 2 aromatic carbocycles. The topological polar surface area (TPSA) is 97.1 Å². The second-order valence-electron chi connectivity index (χ2n) is 7.88. The molecule has 32 heavy (non-hydrogen) atoms. The molecule has 1 saturated carbocycles. The summed E-state index contributed by atoms with van der Waals surface area (Å²) in [7, 11) is 0. The Morgan fingerprint density at radius 3 is 2.34 bits per heavy atom. The summed E-state index contributed by atoms with van der Waals surface area (Å²) >= 11 is 0. The summed E-state index contributed by atoms with van der Waals surface area (Å²) in [6, 6.07) is 12.8. The highest BCUT2D eigenvalue weighted by molar-refractivity contribution is 6.04. The number of benzene rings is 2. The molecule has 4 N–H and O–H groups in total. The van der Waals surface area contributed by atoms with Crippen molar-refractivity contribution in [1.82, 2.24) is 10.3 Å². The highest BCUT2D eigenvalue weighted by Gasteiger charge is 2.47. The van der Waals surface area contributed by atoms with E-state index in [1.54, 1.807) is 48.8 Å². The smallest absolute Gasteiger partial charge is 0.255 e. The van der Waals surface area contributed by atoms with Gasteiger partial charge in [-0.05, 0) is 48.7 Å². The van der Waals surface area contributed by atoms with Gasteiger partial charge < -0.3 is 16.4 Å². The fraction of sp³-hybridized carbons (Fsp3) is 0.208. The third-order valence-electron chi connectivity index (χ3n) is 5.52. The van der Waals surface area contributed by atoms with E-state index in [2.05, 4.69) is 15.6 Å². The van der Waals surface area contributed by atoms with Crippen LogP contribution in [0.5, 0.6) is 0 Å². The molecule has 1 unspecified atom stereocenters. The van der Waals surface area contributed by atoms with Crippen LogP contribution >= 0.6 is 0 Å². The van der Waals surface area contributed by atoms with E-state index >= 15 is 0 Å². The van der Waals surface area contributed by atoms with E-state index in [0.29, 0.717) is 29.7 Å². The standard InChI is InChI=1S/C24H22F2N4O2/c25-17-5-6-19(20(26)13-17)24(9-10-24)30-22(31)14-21(27)15-1-3-16(4-2-15)23(32)29-18-7-11-28-12-8-18/h1-8,11-13,21H,9-10,14,27H2,(H,30,31)(H,28,29,32). The maximum absolute atomic E-state index is 14.2. The van der Waals surface area contributed by atoms with Gasteiger partial charge in [-0.25, -0.2) is 8.78 Å². The van der Waals surface area contributed by atoms with Crippen molar-refractivity contribution in [1.29, 1.82) is 0 Å². The Morgan fingerprint density at radius 2 is 1.72 bits per heavy atom. The molecule has 4 rings (SSSR count). The number of hydrogen-bond donors (Lipinski definition) is 3. The first-order valence-electron chi connectivity index (χ1n) is 10.2. The lowest BCUT2D eigenvalue weighted by atomic mass is 10.0. The molecular formula is C24H22F2N4O2. The van der Waals surface area contributed by atoms with Gasteiger partial charge in [-0.15, -0.1) is 0 Å². The average molecular weight is 436 g/mol. The zero-order valence-electron chi connectivity index (χ0n) is 17.1. The molecular weight excluding hydrogens is 414 g/mol. The number of hydrogen-bond acceptors (Lipinski definition) is 4. The Labute approximate surface area is 183 Å². The van der Waals surface area contributed by atoms with Crippen LogP contribution in [0.4, 0.5) is 14.5 Å². The number of nitrogens with one attached hydrogen (secondary N) is 2. The summed E-state index contributed by atoms with van der Waals surface area (Å²) < 4.78 is 27.3. The van der Waals surface area contributed by atoms with Gasteiger partial charge in [-0.2, -0.15) is 0 Å². The normalized spacial score (nSPS) is 15.0. The number of aromatic nitrogens is 1.